The highest BCUT2D eigenvalue weighted by atomic mass is 16.5. The van der Waals surface area contributed by atoms with Gasteiger partial charge in [0.2, 0.25) is 0 Å². The summed E-state index contributed by atoms with van der Waals surface area (Å²) in [7, 11) is 0. The van der Waals surface area contributed by atoms with Crippen LogP contribution in [0.4, 0.5) is 0 Å². The summed E-state index contributed by atoms with van der Waals surface area (Å²) < 4.78 is 6.18. The summed E-state index contributed by atoms with van der Waals surface area (Å²) in [4.78, 5) is 20.4. The van der Waals surface area contributed by atoms with Crippen molar-refractivity contribution in [3.8, 4) is 5.75 Å². The number of fused-ring (bicyclic) bond motifs is 1. The Labute approximate surface area is 173 Å². The monoisotopic (exact) mass is 409 g/mol. The number of ether oxygens (including phenoxy) is 1. The second-order valence-electron chi connectivity index (χ2n) is 6.99. The van der Waals surface area contributed by atoms with E-state index in [4.69, 9.17) is 24.5 Å². The summed E-state index contributed by atoms with van der Waals surface area (Å²) >= 11 is 0. The first kappa shape index (κ1) is 21.3. The molecule has 3 aromatic carbocycles. The molecule has 7 heteroatoms. The first-order chi connectivity index (χ1) is 14.4. The lowest BCUT2D eigenvalue weighted by molar-refractivity contribution is -0.159. The lowest BCUT2D eigenvalue weighted by atomic mass is 10.1. The standard InChI is InChI=1S/C21H21NO2.C2H2O4/c23-19-14-22(13-16-7-2-1-3-8-16)15-21(19)24-20-12-6-10-17-9-4-5-11-18(17)20;3-1(4)2(5)6/h1-12,19,21,23H,13-15H2;(H,3,4)(H,5,6)/t19-,21-;/m1./s1. The first-order valence-electron chi connectivity index (χ1n) is 9.49. The van der Waals surface area contributed by atoms with Crippen molar-refractivity contribution in [1.29, 1.82) is 0 Å². The fraction of sp³-hybridized carbons (Fsp3) is 0.217. The van der Waals surface area contributed by atoms with Gasteiger partial charge in [-0.25, -0.2) is 9.59 Å². The number of likely N-dealkylation sites (tertiary alicyclic amines) is 1. The summed E-state index contributed by atoms with van der Waals surface area (Å²) in [6.45, 7) is 2.22. The molecule has 1 saturated heterocycles. The highest BCUT2D eigenvalue weighted by Crippen LogP contribution is 2.28. The maximum atomic E-state index is 10.4. The highest BCUT2D eigenvalue weighted by Gasteiger charge is 2.33. The number of rotatable bonds is 4. The van der Waals surface area contributed by atoms with Gasteiger partial charge >= 0.3 is 11.9 Å². The van der Waals surface area contributed by atoms with Crippen molar-refractivity contribution in [2.75, 3.05) is 13.1 Å². The van der Waals surface area contributed by atoms with E-state index in [9.17, 15) is 5.11 Å². The molecule has 0 aromatic heterocycles. The van der Waals surface area contributed by atoms with Crippen LogP contribution in [-0.4, -0.2) is 57.5 Å². The topological polar surface area (TPSA) is 107 Å². The summed E-state index contributed by atoms with van der Waals surface area (Å²) in [5.41, 5.74) is 1.26. The SMILES string of the molecule is O=C(O)C(=O)O.O[C@@H]1CN(Cc2ccccc2)C[C@H]1Oc1cccc2ccccc12. The Hall–Kier alpha value is -3.42. The quantitative estimate of drug-likeness (QED) is 0.569. The van der Waals surface area contributed by atoms with Crippen LogP contribution < -0.4 is 4.74 Å². The van der Waals surface area contributed by atoms with Gasteiger partial charge in [-0.1, -0.05) is 66.7 Å². The van der Waals surface area contributed by atoms with Gasteiger partial charge in [0, 0.05) is 25.0 Å². The molecule has 1 fully saturated rings. The van der Waals surface area contributed by atoms with Crippen LogP contribution in [0.2, 0.25) is 0 Å². The Morgan fingerprint density at radius 1 is 0.867 bits per heavy atom. The molecule has 3 N–H and O–H groups in total. The zero-order valence-electron chi connectivity index (χ0n) is 16.2. The van der Waals surface area contributed by atoms with Crippen LogP contribution in [0.5, 0.6) is 5.75 Å². The molecule has 0 saturated carbocycles. The summed E-state index contributed by atoms with van der Waals surface area (Å²) in [6.07, 6.45) is -0.660. The first-order valence-corrected chi connectivity index (χ1v) is 9.49. The number of β-amino-alcohol motifs (C(OH)–C–C–N with tert-alkyl or cyclic N) is 1. The van der Waals surface area contributed by atoms with Crippen LogP contribution >= 0.6 is 0 Å². The fourth-order valence-corrected chi connectivity index (χ4v) is 3.38. The molecule has 156 valence electrons. The second-order valence-corrected chi connectivity index (χ2v) is 6.99. The normalized spacial score (nSPS) is 18.4. The number of carbonyl (C=O) groups is 2. The van der Waals surface area contributed by atoms with Gasteiger partial charge in [-0.15, -0.1) is 0 Å². The molecule has 1 heterocycles. The summed E-state index contributed by atoms with van der Waals surface area (Å²) in [5, 5.41) is 27.4. The van der Waals surface area contributed by atoms with Gasteiger partial charge in [0.25, 0.3) is 0 Å². The van der Waals surface area contributed by atoms with Crippen molar-refractivity contribution >= 4 is 22.7 Å². The van der Waals surface area contributed by atoms with E-state index in [1.165, 1.54) is 5.56 Å². The van der Waals surface area contributed by atoms with Crippen molar-refractivity contribution in [2.45, 2.75) is 18.8 Å². The number of hydrogen-bond acceptors (Lipinski definition) is 5. The van der Waals surface area contributed by atoms with E-state index < -0.39 is 18.0 Å². The molecule has 0 spiro atoms. The molecule has 3 aromatic rings. The van der Waals surface area contributed by atoms with Gasteiger partial charge in [0.1, 0.15) is 18.0 Å². The third-order valence-corrected chi connectivity index (χ3v) is 4.77. The van der Waals surface area contributed by atoms with Gasteiger partial charge in [-0.2, -0.15) is 0 Å². The number of benzene rings is 3. The molecule has 4 rings (SSSR count). The molecule has 0 radical (unpaired) electrons. The molecule has 1 aliphatic rings. The molecular weight excluding hydrogens is 386 g/mol. The number of aliphatic carboxylic acids is 2. The summed E-state index contributed by atoms with van der Waals surface area (Å²) in [6, 6.07) is 24.6. The average Bonchev–Trinajstić information content (AvgIpc) is 3.08. The lowest BCUT2D eigenvalue weighted by Gasteiger charge is -2.18. The number of carboxylic acid groups (broad SMARTS) is 2. The van der Waals surface area contributed by atoms with Crippen LogP contribution in [0.25, 0.3) is 10.8 Å². The largest absolute Gasteiger partial charge is 0.486 e. The Morgan fingerprint density at radius 2 is 1.50 bits per heavy atom. The van der Waals surface area contributed by atoms with Crippen molar-refractivity contribution < 1.29 is 29.6 Å². The van der Waals surface area contributed by atoms with Crippen molar-refractivity contribution in [3.63, 3.8) is 0 Å². The minimum Gasteiger partial charge on any atom is -0.486 e. The van der Waals surface area contributed by atoms with Crippen molar-refractivity contribution in [1.82, 2.24) is 4.90 Å². The number of aliphatic hydroxyl groups is 1. The molecule has 2 atom stereocenters. The summed E-state index contributed by atoms with van der Waals surface area (Å²) in [5.74, 6) is -2.80. The number of carboxylic acids is 2. The molecule has 0 aliphatic carbocycles. The van der Waals surface area contributed by atoms with E-state index in [1.807, 2.05) is 42.5 Å². The van der Waals surface area contributed by atoms with E-state index >= 15 is 0 Å². The molecular formula is C23H23NO6. The Bertz CT molecular complexity index is 990. The van der Waals surface area contributed by atoms with Crippen LogP contribution in [0.3, 0.4) is 0 Å². The van der Waals surface area contributed by atoms with E-state index in [1.54, 1.807) is 0 Å². The zero-order valence-corrected chi connectivity index (χ0v) is 16.2. The van der Waals surface area contributed by atoms with Gasteiger partial charge in [-0.05, 0) is 17.0 Å². The van der Waals surface area contributed by atoms with Gasteiger partial charge < -0.3 is 20.1 Å². The average molecular weight is 409 g/mol. The van der Waals surface area contributed by atoms with E-state index in [2.05, 4.69) is 35.2 Å². The Morgan fingerprint density at radius 3 is 2.20 bits per heavy atom. The predicted octanol–water partition coefficient (Wildman–Crippen LogP) is 2.62. The van der Waals surface area contributed by atoms with Gasteiger partial charge in [0.05, 0.1) is 0 Å². The second kappa shape index (κ2) is 9.87. The maximum Gasteiger partial charge on any atom is 0.414 e. The minimum atomic E-state index is -1.82. The Balaban J connectivity index is 0.000000377. The third kappa shape index (κ3) is 5.56. The smallest absolute Gasteiger partial charge is 0.414 e. The molecule has 0 unspecified atom stereocenters. The molecule has 0 bridgehead atoms. The predicted molar refractivity (Wildman–Crippen MR) is 111 cm³/mol. The van der Waals surface area contributed by atoms with Crippen LogP contribution in [0.1, 0.15) is 5.56 Å². The van der Waals surface area contributed by atoms with Crippen LogP contribution in [-0.2, 0) is 16.1 Å². The fourth-order valence-electron chi connectivity index (χ4n) is 3.38. The van der Waals surface area contributed by atoms with Crippen LogP contribution in [0, 0.1) is 0 Å². The van der Waals surface area contributed by atoms with Crippen LogP contribution in [0.15, 0.2) is 72.8 Å². The molecule has 1 aliphatic heterocycles. The van der Waals surface area contributed by atoms with E-state index in [0.29, 0.717) is 6.54 Å². The third-order valence-electron chi connectivity index (χ3n) is 4.77. The number of hydrogen-bond donors (Lipinski definition) is 3. The molecule has 0 amide bonds. The molecule has 7 nitrogen and oxygen atoms in total. The number of nitrogens with zero attached hydrogens (tertiary/aromatic N) is 1. The van der Waals surface area contributed by atoms with E-state index in [0.717, 1.165) is 29.6 Å². The van der Waals surface area contributed by atoms with Gasteiger partial charge in [0.15, 0.2) is 0 Å². The molecule has 30 heavy (non-hydrogen) atoms. The zero-order chi connectivity index (χ0) is 21.5. The lowest BCUT2D eigenvalue weighted by Crippen LogP contribution is -2.30. The van der Waals surface area contributed by atoms with Gasteiger partial charge in [-0.3, -0.25) is 4.90 Å². The number of aliphatic hydroxyl groups excluding tert-OH is 1. The van der Waals surface area contributed by atoms with E-state index in [-0.39, 0.29) is 6.10 Å². The minimum absolute atomic E-state index is 0.195. The maximum absolute atomic E-state index is 10.4. The van der Waals surface area contributed by atoms with Crippen molar-refractivity contribution in [2.24, 2.45) is 0 Å². The van der Waals surface area contributed by atoms with Crippen molar-refractivity contribution in [3.05, 3.63) is 78.4 Å². The Kier molecular flexibility index (Phi) is 7.00. The highest BCUT2D eigenvalue weighted by molar-refractivity contribution is 6.27.